The van der Waals surface area contributed by atoms with Crippen LogP contribution in [-0.4, -0.2) is 33.8 Å². The van der Waals surface area contributed by atoms with Crippen molar-refractivity contribution in [2.24, 2.45) is 0 Å². The molecule has 0 bridgehead atoms. The zero-order valence-corrected chi connectivity index (χ0v) is 11.7. The Morgan fingerprint density at radius 3 is 2.50 bits per heavy atom. The van der Waals surface area contributed by atoms with E-state index in [9.17, 15) is 12.8 Å². The summed E-state index contributed by atoms with van der Waals surface area (Å²) in [6, 6.07) is 6.05. The lowest BCUT2D eigenvalue weighted by Gasteiger charge is -2.20. The maximum atomic E-state index is 13.5. The number of anilines is 1. The number of halogens is 1. The first-order valence-electron chi connectivity index (χ1n) is 5.79. The molecular weight excluding hydrogens is 255 g/mol. The molecular formula is C12H19FN2O2S. The fourth-order valence-electron chi connectivity index (χ4n) is 1.47. The smallest absolute Gasteiger partial charge is 0.236 e. The largest absolute Gasteiger partial charge is 0.313 e. The van der Waals surface area contributed by atoms with Crippen molar-refractivity contribution >= 4 is 15.7 Å². The lowest BCUT2D eigenvalue weighted by Crippen LogP contribution is -2.36. The number of para-hydroxylation sites is 1. The van der Waals surface area contributed by atoms with Crippen LogP contribution in [-0.2, 0) is 10.0 Å². The fourth-order valence-corrected chi connectivity index (χ4v) is 2.57. The van der Waals surface area contributed by atoms with Crippen LogP contribution in [0.25, 0.3) is 0 Å². The Morgan fingerprint density at radius 1 is 1.33 bits per heavy atom. The molecule has 102 valence electrons. The molecule has 0 aliphatic rings. The van der Waals surface area contributed by atoms with Crippen molar-refractivity contribution in [3.05, 3.63) is 30.1 Å². The van der Waals surface area contributed by atoms with E-state index < -0.39 is 15.8 Å². The molecule has 0 atom stereocenters. The molecule has 1 aromatic carbocycles. The highest BCUT2D eigenvalue weighted by atomic mass is 32.2. The number of hydrogen-bond donors (Lipinski definition) is 1. The molecule has 0 aliphatic heterocycles. The number of nitrogens with zero attached hydrogens (tertiary/aromatic N) is 1. The Balaban J connectivity index is 2.76. The Kier molecular flexibility index (Phi) is 5.10. The topological polar surface area (TPSA) is 49.4 Å². The van der Waals surface area contributed by atoms with Crippen LogP contribution in [0.1, 0.15) is 13.8 Å². The second-order valence-electron chi connectivity index (χ2n) is 4.34. The first-order valence-corrected chi connectivity index (χ1v) is 7.40. The Labute approximate surface area is 108 Å². The van der Waals surface area contributed by atoms with Gasteiger partial charge in [-0.1, -0.05) is 26.0 Å². The zero-order chi connectivity index (χ0) is 13.8. The van der Waals surface area contributed by atoms with Crippen LogP contribution in [0.5, 0.6) is 0 Å². The number of sulfonamides is 1. The lowest BCUT2D eigenvalue weighted by atomic mass is 10.3. The van der Waals surface area contributed by atoms with Gasteiger partial charge < -0.3 is 5.32 Å². The summed E-state index contributed by atoms with van der Waals surface area (Å²) in [4.78, 5) is 0. The standard InChI is InChI=1S/C12H19FN2O2S/c1-10(2)14-8-9-18(16,17)15(3)12-7-5-4-6-11(12)13/h4-7,10,14H,8-9H2,1-3H3. The molecule has 0 aliphatic carbocycles. The molecule has 4 nitrogen and oxygen atoms in total. The van der Waals surface area contributed by atoms with Gasteiger partial charge in [-0.25, -0.2) is 12.8 Å². The van der Waals surface area contributed by atoms with Crippen molar-refractivity contribution < 1.29 is 12.8 Å². The summed E-state index contributed by atoms with van der Waals surface area (Å²) in [5.41, 5.74) is 0.0713. The maximum Gasteiger partial charge on any atom is 0.236 e. The minimum absolute atomic E-state index is 0.0595. The summed E-state index contributed by atoms with van der Waals surface area (Å²) in [5, 5.41) is 3.02. The van der Waals surface area contributed by atoms with Crippen LogP contribution in [0.15, 0.2) is 24.3 Å². The molecule has 1 rings (SSSR count). The van der Waals surface area contributed by atoms with E-state index in [1.165, 1.54) is 25.2 Å². The SMILES string of the molecule is CC(C)NCCS(=O)(=O)N(C)c1ccccc1F. The van der Waals surface area contributed by atoms with Gasteiger partial charge >= 0.3 is 0 Å². The molecule has 0 heterocycles. The van der Waals surface area contributed by atoms with Gasteiger partial charge in [-0.2, -0.15) is 0 Å². The summed E-state index contributed by atoms with van der Waals surface area (Å²) in [6.45, 7) is 4.22. The second-order valence-corrected chi connectivity index (χ2v) is 6.46. The highest BCUT2D eigenvalue weighted by molar-refractivity contribution is 7.92. The van der Waals surface area contributed by atoms with Gasteiger partial charge in [0.2, 0.25) is 10.0 Å². The third-order valence-electron chi connectivity index (χ3n) is 2.52. The molecule has 0 radical (unpaired) electrons. The summed E-state index contributed by atoms with van der Waals surface area (Å²) >= 11 is 0. The van der Waals surface area contributed by atoms with Crippen LogP contribution in [0.3, 0.4) is 0 Å². The lowest BCUT2D eigenvalue weighted by molar-refractivity contribution is 0.574. The quantitative estimate of drug-likeness (QED) is 0.857. The first-order chi connectivity index (χ1) is 8.34. The molecule has 0 saturated heterocycles. The zero-order valence-electron chi connectivity index (χ0n) is 10.9. The van der Waals surface area contributed by atoms with Crippen LogP contribution in [0.2, 0.25) is 0 Å². The Morgan fingerprint density at radius 2 is 1.94 bits per heavy atom. The normalized spacial score (nSPS) is 11.8. The summed E-state index contributed by atoms with van der Waals surface area (Å²) < 4.78 is 38.5. The van der Waals surface area contributed by atoms with Gasteiger partial charge in [0.25, 0.3) is 0 Å². The van der Waals surface area contributed by atoms with Gasteiger partial charge in [-0.05, 0) is 12.1 Å². The van der Waals surface area contributed by atoms with E-state index in [0.717, 1.165) is 4.31 Å². The number of nitrogens with one attached hydrogen (secondary N) is 1. The Hall–Kier alpha value is -1.14. The monoisotopic (exact) mass is 274 g/mol. The average molecular weight is 274 g/mol. The number of hydrogen-bond acceptors (Lipinski definition) is 3. The second kappa shape index (κ2) is 6.15. The minimum Gasteiger partial charge on any atom is -0.313 e. The van der Waals surface area contributed by atoms with Gasteiger partial charge in [-0.3, -0.25) is 4.31 Å². The summed E-state index contributed by atoms with van der Waals surface area (Å²) in [6.07, 6.45) is 0. The van der Waals surface area contributed by atoms with Gasteiger partial charge in [0, 0.05) is 19.6 Å². The van der Waals surface area contributed by atoms with E-state index >= 15 is 0 Å². The molecule has 0 aromatic heterocycles. The minimum atomic E-state index is -3.50. The molecule has 1 aromatic rings. The van der Waals surface area contributed by atoms with E-state index in [0.29, 0.717) is 6.54 Å². The highest BCUT2D eigenvalue weighted by Gasteiger charge is 2.20. The van der Waals surface area contributed by atoms with Gasteiger partial charge in [-0.15, -0.1) is 0 Å². The predicted molar refractivity (Wildman–Crippen MR) is 71.7 cm³/mol. The number of rotatable bonds is 6. The van der Waals surface area contributed by atoms with Gasteiger partial charge in [0.15, 0.2) is 0 Å². The first kappa shape index (κ1) is 14.9. The number of benzene rings is 1. The van der Waals surface area contributed by atoms with E-state index in [1.807, 2.05) is 13.8 Å². The van der Waals surface area contributed by atoms with E-state index in [-0.39, 0.29) is 17.5 Å². The highest BCUT2D eigenvalue weighted by Crippen LogP contribution is 2.19. The molecule has 0 saturated carbocycles. The van der Waals surface area contributed by atoms with Crippen LogP contribution in [0.4, 0.5) is 10.1 Å². The molecule has 0 spiro atoms. The molecule has 18 heavy (non-hydrogen) atoms. The van der Waals surface area contributed by atoms with Gasteiger partial charge in [0.05, 0.1) is 11.4 Å². The van der Waals surface area contributed by atoms with Crippen molar-refractivity contribution in [1.82, 2.24) is 5.32 Å². The Bertz CT molecular complexity index is 489. The molecule has 6 heteroatoms. The summed E-state index contributed by atoms with van der Waals surface area (Å²) in [7, 11) is -2.14. The van der Waals surface area contributed by atoms with Crippen molar-refractivity contribution in [3.63, 3.8) is 0 Å². The summed E-state index contributed by atoms with van der Waals surface area (Å²) in [5.74, 6) is -0.601. The molecule has 0 fully saturated rings. The van der Waals surface area contributed by atoms with Crippen molar-refractivity contribution in [3.8, 4) is 0 Å². The van der Waals surface area contributed by atoms with Crippen LogP contribution in [0, 0.1) is 5.82 Å². The average Bonchev–Trinajstić information content (AvgIpc) is 2.28. The third-order valence-corrected chi connectivity index (χ3v) is 4.27. The van der Waals surface area contributed by atoms with E-state index in [1.54, 1.807) is 6.07 Å². The fraction of sp³-hybridized carbons (Fsp3) is 0.500. The molecule has 0 amide bonds. The van der Waals surface area contributed by atoms with Gasteiger partial charge in [0.1, 0.15) is 5.82 Å². The van der Waals surface area contributed by atoms with Crippen molar-refractivity contribution in [2.45, 2.75) is 19.9 Å². The maximum absolute atomic E-state index is 13.5. The third kappa shape index (κ3) is 3.96. The van der Waals surface area contributed by atoms with Crippen molar-refractivity contribution in [2.75, 3.05) is 23.7 Å². The van der Waals surface area contributed by atoms with E-state index in [4.69, 9.17) is 0 Å². The van der Waals surface area contributed by atoms with Crippen LogP contribution < -0.4 is 9.62 Å². The van der Waals surface area contributed by atoms with Crippen LogP contribution >= 0.6 is 0 Å². The van der Waals surface area contributed by atoms with Crippen molar-refractivity contribution in [1.29, 1.82) is 0 Å². The molecule has 0 unspecified atom stereocenters. The molecule has 1 N–H and O–H groups in total. The predicted octanol–water partition coefficient (Wildman–Crippen LogP) is 1.59. The van der Waals surface area contributed by atoms with E-state index in [2.05, 4.69) is 5.32 Å².